The lowest BCUT2D eigenvalue weighted by Gasteiger charge is -2.04. The molecule has 2 aromatic rings. The van der Waals surface area contributed by atoms with E-state index in [0.717, 1.165) is 0 Å². The van der Waals surface area contributed by atoms with Gasteiger partial charge in [-0.25, -0.2) is 9.07 Å². The van der Waals surface area contributed by atoms with Gasteiger partial charge >= 0.3 is 7.12 Å². The summed E-state index contributed by atoms with van der Waals surface area (Å²) < 4.78 is 14.4. The second-order valence-corrected chi connectivity index (χ2v) is 3.54. The SMILES string of the molecule is OB(O)c1cnn(-c2cccc(F)c2Cl)c1. The van der Waals surface area contributed by atoms with Crippen molar-refractivity contribution in [3.63, 3.8) is 0 Å². The minimum Gasteiger partial charge on any atom is -0.423 e. The zero-order valence-electron chi connectivity index (χ0n) is 8.01. The van der Waals surface area contributed by atoms with Crippen molar-refractivity contribution in [1.29, 1.82) is 0 Å². The lowest BCUT2D eigenvalue weighted by atomic mass is 9.83. The Labute approximate surface area is 96.0 Å². The highest BCUT2D eigenvalue weighted by Crippen LogP contribution is 2.22. The second kappa shape index (κ2) is 4.25. The molecular weight excluding hydrogens is 233 g/mol. The Morgan fingerprint density at radius 3 is 2.75 bits per heavy atom. The van der Waals surface area contributed by atoms with Crippen LogP contribution in [0.1, 0.15) is 0 Å². The molecule has 1 heterocycles. The summed E-state index contributed by atoms with van der Waals surface area (Å²) >= 11 is 5.76. The van der Waals surface area contributed by atoms with Crippen LogP contribution >= 0.6 is 11.6 Å². The predicted octanol–water partition coefficient (Wildman–Crippen LogP) is 0.345. The Morgan fingerprint density at radius 2 is 2.12 bits per heavy atom. The minimum absolute atomic E-state index is 0.0652. The molecule has 0 radical (unpaired) electrons. The van der Waals surface area contributed by atoms with Crippen LogP contribution in [0, 0.1) is 5.82 Å². The van der Waals surface area contributed by atoms with Crippen LogP contribution in [0.25, 0.3) is 5.69 Å². The maximum atomic E-state index is 13.2. The molecule has 7 heteroatoms. The van der Waals surface area contributed by atoms with E-state index in [1.165, 1.54) is 29.2 Å². The first-order valence-corrected chi connectivity index (χ1v) is 4.82. The summed E-state index contributed by atoms with van der Waals surface area (Å²) in [4.78, 5) is 0. The fourth-order valence-corrected chi connectivity index (χ4v) is 1.48. The van der Waals surface area contributed by atoms with E-state index in [9.17, 15) is 4.39 Å². The largest absolute Gasteiger partial charge is 0.491 e. The zero-order chi connectivity index (χ0) is 11.7. The summed E-state index contributed by atoms with van der Waals surface area (Å²) in [5.74, 6) is -0.555. The Balaban J connectivity index is 2.47. The first-order valence-electron chi connectivity index (χ1n) is 4.44. The molecule has 0 bridgehead atoms. The van der Waals surface area contributed by atoms with Gasteiger partial charge in [0.1, 0.15) is 10.8 Å². The van der Waals surface area contributed by atoms with Gasteiger partial charge in [0.05, 0.1) is 5.69 Å². The van der Waals surface area contributed by atoms with Gasteiger partial charge in [0.2, 0.25) is 0 Å². The molecule has 4 nitrogen and oxygen atoms in total. The molecule has 16 heavy (non-hydrogen) atoms. The zero-order valence-corrected chi connectivity index (χ0v) is 8.76. The summed E-state index contributed by atoms with van der Waals surface area (Å²) in [6, 6.07) is 4.30. The van der Waals surface area contributed by atoms with Gasteiger partial charge in [-0.15, -0.1) is 0 Å². The molecule has 0 aliphatic heterocycles. The molecule has 82 valence electrons. The molecule has 2 rings (SSSR count). The molecule has 0 aliphatic rings. The molecule has 1 aromatic carbocycles. The van der Waals surface area contributed by atoms with Crippen molar-refractivity contribution in [2.45, 2.75) is 0 Å². The van der Waals surface area contributed by atoms with Crippen LogP contribution < -0.4 is 5.46 Å². The van der Waals surface area contributed by atoms with E-state index < -0.39 is 12.9 Å². The van der Waals surface area contributed by atoms with Crippen LogP contribution in [0.4, 0.5) is 4.39 Å². The van der Waals surface area contributed by atoms with Gasteiger partial charge < -0.3 is 10.0 Å². The van der Waals surface area contributed by atoms with Crippen molar-refractivity contribution in [1.82, 2.24) is 9.78 Å². The molecule has 0 spiro atoms. The lowest BCUT2D eigenvalue weighted by Crippen LogP contribution is -2.28. The van der Waals surface area contributed by atoms with Crippen molar-refractivity contribution >= 4 is 24.2 Å². The maximum absolute atomic E-state index is 13.2. The van der Waals surface area contributed by atoms with E-state index in [0.29, 0.717) is 5.69 Å². The lowest BCUT2D eigenvalue weighted by molar-refractivity contribution is 0.426. The molecule has 1 aromatic heterocycles. The van der Waals surface area contributed by atoms with Crippen LogP contribution in [0.5, 0.6) is 0 Å². The van der Waals surface area contributed by atoms with Crippen molar-refractivity contribution in [3.05, 3.63) is 41.4 Å². The number of halogens is 2. The number of hydrogen-bond donors (Lipinski definition) is 2. The average molecular weight is 240 g/mol. The summed E-state index contributed by atoms with van der Waals surface area (Å²) in [6.07, 6.45) is 2.64. The highest BCUT2D eigenvalue weighted by Gasteiger charge is 2.15. The third kappa shape index (κ3) is 1.95. The van der Waals surface area contributed by atoms with E-state index in [1.54, 1.807) is 6.07 Å². The van der Waals surface area contributed by atoms with E-state index in [1.807, 2.05) is 0 Å². The minimum atomic E-state index is -1.61. The molecule has 0 saturated carbocycles. The molecule has 2 N–H and O–H groups in total. The molecule has 0 fully saturated rings. The summed E-state index contributed by atoms with van der Waals surface area (Å²) in [7, 11) is -1.61. The van der Waals surface area contributed by atoms with E-state index in [4.69, 9.17) is 21.6 Å². The van der Waals surface area contributed by atoms with Crippen molar-refractivity contribution in [2.24, 2.45) is 0 Å². The topological polar surface area (TPSA) is 58.3 Å². The third-order valence-electron chi connectivity index (χ3n) is 2.08. The van der Waals surface area contributed by atoms with Crippen LogP contribution in [0.3, 0.4) is 0 Å². The highest BCUT2D eigenvalue weighted by molar-refractivity contribution is 6.58. The fraction of sp³-hybridized carbons (Fsp3) is 0. The van der Waals surface area contributed by atoms with E-state index >= 15 is 0 Å². The second-order valence-electron chi connectivity index (χ2n) is 3.16. The first-order chi connectivity index (χ1) is 7.59. The molecule has 0 saturated heterocycles. The van der Waals surface area contributed by atoms with Crippen molar-refractivity contribution < 1.29 is 14.4 Å². The summed E-state index contributed by atoms with van der Waals surface area (Å²) in [6.45, 7) is 0. The number of hydrogen-bond acceptors (Lipinski definition) is 3. The van der Waals surface area contributed by atoms with Crippen LogP contribution in [-0.4, -0.2) is 26.9 Å². The third-order valence-corrected chi connectivity index (χ3v) is 2.45. The highest BCUT2D eigenvalue weighted by atomic mass is 35.5. The van der Waals surface area contributed by atoms with Crippen LogP contribution in [0.2, 0.25) is 5.02 Å². The number of rotatable bonds is 2. The van der Waals surface area contributed by atoms with Gasteiger partial charge in [0.15, 0.2) is 0 Å². The van der Waals surface area contributed by atoms with Crippen LogP contribution in [0.15, 0.2) is 30.6 Å². The van der Waals surface area contributed by atoms with Crippen molar-refractivity contribution in [3.8, 4) is 5.69 Å². The van der Waals surface area contributed by atoms with Crippen LogP contribution in [-0.2, 0) is 0 Å². The smallest absolute Gasteiger partial charge is 0.423 e. The van der Waals surface area contributed by atoms with Gasteiger partial charge in [-0.1, -0.05) is 17.7 Å². The molecule has 0 amide bonds. The van der Waals surface area contributed by atoms with Crippen molar-refractivity contribution in [2.75, 3.05) is 0 Å². The number of benzene rings is 1. The predicted molar refractivity (Wildman–Crippen MR) is 58.4 cm³/mol. The Morgan fingerprint density at radius 1 is 1.38 bits per heavy atom. The fourth-order valence-electron chi connectivity index (χ4n) is 1.27. The van der Waals surface area contributed by atoms with Gasteiger partial charge in [-0.3, -0.25) is 0 Å². The number of nitrogens with zero attached hydrogens (tertiary/aromatic N) is 2. The summed E-state index contributed by atoms with van der Waals surface area (Å²) in [5.41, 5.74) is 0.550. The van der Waals surface area contributed by atoms with E-state index in [2.05, 4.69) is 5.10 Å². The molecule has 0 aliphatic carbocycles. The van der Waals surface area contributed by atoms with Gasteiger partial charge in [-0.2, -0.15) is 5.10 Å². The number of aromatic nitrogens is 2. The Bertz CT molecular complexity index is 518. The first kappa shape index (κ1) is 11.1. The average Bonchev–Trinajstić information content (AvgIpc) is 2.71. The quantitative estimate of drug-likeness (QED) is 0.745. The normalized spacial score (nSPS) is 10.5. The maximum Gasteiger partial charge on any atom is 0.491 e. The Kier molecular flexibility index (Phi) is 2.96. The van der Waals surface area contributed by atoms with Gasteiger partial charge in [0, 0.05) is 17.9 Å². The molecular formula is C9H7BClFN2O2. The van der Waals surface area contributed by atoms with E-state index in [-0.39, 0.29) is 10.5 Å². The Hall–Kier alpha value is -1.37. The molecule has 0 atom stereocenters. The van der Waals surface area contributed by atoms with Gasteiger partial charge in [-0.05, 0) is 12.1 Å². The standard InChI is InChI=1S/C9H7BClFN2O2/c11-9-7(12)2-1-3-8(9)14-5-6(4-13-14)10(15)16/h1-5,15-16H. The summed E-state index contributed by atoms with van der Waals surface area (Å²) in [5, 5.41) is 21.6. The molecule has 0 unspecified atom stereocenters. The monoisotopic (exact) mass is 240 g/mol. The van der Waals surface area contributed by atoms with Gasteiger partial charge in [0.25, 0.3) is 0 Å².